The van der Waals surface area contributed by atoms with Crippen LogP contribution in [0, 0.1) is 0 Å². The van der Waals surface area contributed by atoms with E-state index in [1.54, 1.807) is 0 Å². The molecule has 1 atom stereocenters. The van der Waals surface area contributed by atoms with E-state index in [0.29, 0.717) is 0 Å². The van der Waals surface area contributed by atoms with Gasteiger partial charge in [-0.3, -0.25) is 9.88 Å². The fourth-order valence-corrected chi connectivity index (χ4v) is 2.50. The average molecular weight is 247 g/mol. The third kappa shape index (κ3) is 3.79. The zero-order valence-corrected chi connectivity index (χ0v) is 11.7. The number of hydrogen-bond acceptors (Lipinski definition) is 3. The molecule has 3 heteroatoms. The fourth-order valence-electron chi connectivity index (χ4n) is 2.50. The minimum Gasteiger partial charge on any atom is -0.313 e. The lowest BCUT2D eigenvalue weighted by molar-refractivity contribution is 0.257. The molecule has 1 aliphatic heterocycles. The van der Waals surface area contributed by atoms with Crippen molar-refractivity contribution in [2.75, 3.05) is 13.1 Å². The fraction of sp³-hybridized carbons (Fsp3) is 0.667. The van der Waals surface area contributed by atoms with Gasteiger partial charge >= 0.3 is 0 Å². The van der Waals surface area contributed by atoms with E-state index < -0.39 is 0 Å². The minimum absolute atomic E-state index is 0.720. The molecule has 1 fully saturated rings. The van der Waals surface area contributed by atoms with Crippen LogP contribution in [0.5, 0.6) is 0 Å². The van der Waals surface area contributed by atoms with Gasteiger partial charge in [-0.2, -0.15) is 0 Å². The summed E-state index contributed by atoms with van der Waals surface area (Å²) in [5, 5.41) is 3.40. The average Bonchev–Trinajstić information content (AvgIpc) is 2.78. The Kier molecular flexibility index (Phi) is 5.14. The van der Waals surface area contributed by atoms with Gasteiger partial charge in [-0.15, -0.1) is 0 Å². The van der Waals surface area contributed by atoms with Gasteiger partial charge in [-0.05, 0) is 50.9 Å². The lowest BCUT2D eigenvalue weighted by Gasteiger charge is -2.20. The Labute approximate surface area is 111 Å². The van der Waals surface area contributed by atoms with Crippen LogP contribution < -0.4 is 5.32 Å². The number of nitrogens with zero attached hydrogens (tertiary/aromatic N) is 2. The highest BCUT2D eigenvalue weighted by molar-refractivity contribution is 5.14. The second-order valence-corrected chi connectivity index (χ2v) is 5.30. The molecule has 1 N–H and O–H groups in total. The number of pyridine rings is 1. The summed E-state index contributed by atoms with van der Waals surface area (Å²) in [7, 11) is 0. The third-order valence-corrected chi connectivity index (χ3v) is 3.70. The Morgan fingerprint density at radius 1 is 1.44 bits per heavy atom. The van der Waals surface area contributed by atoms with Crippen LogP contribution in [0.4, 0.5) is 0 Å². The SMILES string of the molecule is CCCNCc1ccc(CN2CCCC2C)nc1. The van der Waals surface area contributed by atoms with Gasteiger partial charge in [0.25, 0.3) is 0 Å². The van der Waals surface area contributed by atoms with Crippen molar-refractivity contribution in [1.29, 1.82) is 0 Å². The Hall–Kier alpha value is -0.930. The van der Waals surface area contributed by atoms with Crippen molar-refractivity contribution in [3.63, 3.8) is 0 Å². The smallest absolute Gasteiger partial charge is 0.0544 e. The maximum atomic E-state index is 4.57. The largest absolute Gasteiger partial charge is 0.313 e. The number of aromatic nitrogens is 1. The molecule has 1 saturated heterocycles. The molecule has 0 radical (unpaired) electrons. The normalized spacial score (nSPS) is 20.4. The molecule has 18 heavy (non-hydrogen) atoms. The second kappa shape index (κ2) is 6.86. The summed E-state index contributed by atoms with van der Waals surface area (Å²) < 4.78 is 0. The first-order valence-electron chi connectivity index (χ1n) is 7.18. The van der Waals surface area contributed by atoms with Crippen LogP contribution in [0.1, 0.15) is 44.4 Å². The first-order valence-corrected chi connectivity index (χ1v) is 7.18. The predicted octanol–water partition coefficient (Wildman–Crippen LogP) is 2.57. The van der Waals surface area contributed by atoms with Crippen LogP contribution >= 0.6 is 0 Å². The summed E-state index contributed by atoms with van der Waals surface area (Å²) in [4.78, 5) is 7.10. The van der Waals surface area contributed by atoms with Gasteiger partial charge in [0.1, 0.15) is 0 Å². The van der Waals surface area contributed by atoms with Crippen molar-refractivity contribution in [2.24, 2.45) is 0 Å². The van der Waals surface area contributed by atoms with Gasteiger partial charge in [-0.1, -0.05) is 13.0 Å². The molecule has 0 saturated carbocycles. The molecule has 3 nitrogen and oxygen atoms in total. The Bertz CT molecular complexity index is 347. The molecule has 1 aliphatic rings. The van der Waals surface area contributed by atoms with E-state index in [1.165, 1.54) is 37.1 Å². The van der Waals surface area contributed by atoms with Gasteiger partial charge in [0.2, 0.25) is 0 Å². The molecule has 0 bridgehead atoms. The maximum Gasteiger partial charge on any atom is 0.0544 e. The van der Waals surface area contributed by atoms with Gasteiger partial charge < -0.3 is 5.32 Å². The number of nitrogens with one attached hydrogen (secondary N) is 1. The van der Waals surface area contributed by atoms with Gasteiger partial charge in [0.15, 0.2) is 0 Å². The summed E-state index contributed by atoms with van der Waals surface area (Å²) >= 11 is 0. The lowest BCUT2D eigenvalue weighted by atomic mass is 10.2. The van der Waals surface area contributed by atoms with E-state index >= 15 is 0 Å². The van der Waals surface area contributed by atoms with Gasteiger partial charge in [0, 0.05) is 25.3 Å². The summed E-state index contributed by atoms with van der Waals surface area (Å²) in [6.07, 6.45) is 5.86. The standard InChI is InChI=1S/C15H25N3/c1-3-8-16-10-14-6-7-15(17-11-14)12-18-9-4-5-13(18)2/h6-7,11,13,16H,3-5,8-10,12H2,1-2H3. The van der Waals surface area contributed by atoms with Crippen molar-refractivity contribution in [1.82, 2.24) is 15.2 Å². The third-order valence-electron chi connectivity index (χ3n) is 3.70. The van der Waals surface area contributed by atoms with Crippen molar-refractivity contribution in [2.45, 2.75) is 52.2 Å². The summed E-state index contributed by atoms with van der Waals surface area (Å²) in [6.45, 7) is 8.74. The number of hydrogen-bond donors (Lipinski definition) is 1. The number of rotatable bonds is 6. The van der Waals surface area contributed by atoms with E-state index in [1.807, 2.05) is 6.20 Å². The highest BCUT2D eigenvalue weighted by Crippen LogP contribution is 2.18. The predicted molar refractivity (Wildman–Crippen MR) is 75.3 cm³/mol. The molecule has 0 aromatic carbocycles. The first-order chi connectivity index (χ1) is 8.79. The maximum absolute atomic E-state index is 4.57. The quantitative estimate of drug-likeness (QED) is 0.783. The monoisotopic (exact) mass is 247 g/mol. The van der Waals surface area contributed by atoms with Crippen LogP contribution in [0.25, 0.3) is 0 Å². The molecule has 0 amide bonds. The lowest BCUT2D eigenvalue weighted by Crippen LogP contribution is -2.26. The molecule has 0 spiro atoms. The van der Waals surface area contributed by atoms with Crippen molar-refractivity contribution in [3.05, 3.63) is 29.6 Å². The summed E-state index contributed by atoms with van der Waals surface area (Å²) in [5.41, 5.74) is 2.48. The van der Waals surface area contributed by atoms with Crippen molar-refractivity contribution < 1.29 is 0 Å². The van der Waals surface area contributed by atoms with E-state index in [2.05, 4.69) is 41.2 Å². The van der Waals surface area contributed by atoms with Gasteiger partial charge in [0.05, 0.1) is 5.69 Å². The molecule has 2 heterocycles. The zero-order chi connectivity index (χ0) is 12.8. The van der Waals surface area contributed by atoms with Gasteiger partial charge in [-0.25, -0.2) is 0 Å². The summed E-state index contributed by atoms with van der Waals surface area (Å²) in [6, 6.07) is 5.09. The van der Waals surface area contributed by atoms with Crippen molar-refractivity contribution >= 4 is 0 Å². The van der Waals surface area contributed by atoms with Crippen LogP contribution in [0.2, 0.25) is 0 Å². The molecule has 1 aromatic heterocycles. The van der Waals surface area contributed by atoms with E-state index in [-0.39, 0.29) is 0 Å². The molecule has 1 unspecified atom stereocenters. The molecule has 2 rings (SSSR count). The Balaban J connectivity index is 1.83. The topological polar surface area (TPSA) is 28.2 Å². The zero-order valence-electron chi connectivity index (χ0n) is 11.7. The van der Waals surface area contributed by atoms with E-state index in [9.17, 15) is 0 Å². The van der Waals surface area contributed by atoms with Crippen LogP contribution in [-0.4, -0.2) is 29.0 Å². The molecule has 0 aliphatic carbocycles. The Morgan fingerprint density at radius 3 is 2.94 bits per heavy atom. The van der Waals surface area contributed by atoms with Crippen molar-refractivity contribution in [3.8, 4) is 0 Å². The second-order valence-electron chi connectivity index (χ2n) is 5.30. The molecule has 100 valence electrons. The highest BCUT2D eigenvalue weighted by atomic mass is 15.2. The molecule has 1 aromatic rings. The van der Waals surface area contributed by atoms with Crippen LogP contribution in [0.15, 0.2) is 18.3 Å². The summed E-state index contributed by atoms with van der Waals surface area (Å²) in [5.74, 6) is 0. The highest BCUT2D eigenvalue weighted by Gasteiger charge is 2.20. The minimum atomic E-state index is 0.720. The first kappa shape index (κ1) is 13.5. The molecular weight excluding hydrogens is 222 g/mol. The van der Waals surface area contributed by atoms with E-state index in [0.717, 1.165) is 25.7 Å². The van der Waals surface area contributed by atoms with E-state index in [4.69, 9.17) is 0 Å². The van der Waals surface area contributed by atoms with Crippen LogP contribution in [-0.2, 0) is 13.1 Å². The number of likely N-dealkylation sites (tertiary alicyclic amines) is 1. The Morgan fingerprint density at radius 2 is 2.33 bits per heavy atom. The molecular formula is C15H25N3. The van der Waals surface area contributed by atoms with Crippen LogP contribution in [0.3, 0.4) is 0 Å².